The highest BCUT2D eigenvalue weighted by atomic mass is 16.5. The molecule has 1 aliphatic rings. The highest BCUT2D eigenvalue weighted by Crippen LogP contribution is 2.28. The predicted molar refractivity (Wildman–Crippen MR) is 77.0 cm³/mol. The standard InChI is InChI=1S/C14H29N3O/c1-3-4-5-9-16-14(15-2)17-10-6-11-18-12-13-7-8-13/h13H,3-12H2,1-2H3,(H2,15,16,17). The molecule has 1 fully saturated rings. The average molecular weight is 255 g/mol. The first-order chi connectivity index (χ1) is 8.86. The number of nitrogens with zero attached hydrogens (tertiary/aromatic N) is 1. The van der Waals surface area contributed by atoms with Crippen LogP contribution in [0, 0.1) is 5.92 Å². The molecule has 0 aromatic rings. The Balaban J connectivity index is 1.87. The highest BCUT2D eigenvalue weighted by molar-refractivity contribution is 5.79. The zero-order valence-electron chi connectivity index (χ0n) is 12.0. The lowest BCUT2D eigenvalue weighted by Gasteiger charge is -2.11. The van der Waals surface area contributed by atoms with Gasteiger partial charge in [-0.05, 0) is 31.6 Å². The van der Waals surface area contributed by atoms with Crippen molar-refractivity contribution in [2.75, 3.05) is 33.4 Å². The van der Waals surface area contributed by atoms with E-state index in [1.54, 1.807) is 0 Å². The van der Waals surface area contributed by atoms with E-state index in [4.69, 9.17) is 4.74 Å². The molecule has 4 heteroatoms. The Hall–Kier alpha value is -0.770. The lowest BCUT2D eigenvalue weighted by atomic mass is 10.2. The van der Waals surface area contributed by atoms with Gasteiger partial charge >= 0.3 is 0 Å². The van der Waals surface area contributed by atoms with Crippen LogP contribution < -0.4 is 10.6 Å². The molecule has 2 N–H and O–H groups in total. The lowest BCUT2D eigenvalue weighted by Crippen LogP contribution is -2.38. The van der Waals surface area contributed by atoms with Gasteiger partial charge in [-0.2, -0.15) is 0 Å². The van der Waals surface area contributed by atoms with E-state index >= 15 is 0 Å². The Bertz CT molecular complexity index is 227. The summed E-state index contributed by atoms with van der Waals surface area (Å²) in [6.07, 6.45) is 7.52. The van der Waals surface area contributed by atoms with Crippen LogP contribution in [0.1, 0.15) is 45.4 Å². The molecule has 18 heavy (non-hydrogen) atoms. The molecule has 106 valence electrons. The Morgan fingerprint density at radius 2 is 1.89 bits per heavy atom. The first-order valence-electron chi connectivity index (χ1n) is 7.39. The largest absolute Gasteiger partial charge is 0.381 e. The molecule has 0 saturated heterocycles. The molecule has 1 saturated carbocycles. The Morgan fingerprint density at radius 1 is 1.17 bits per heavy atom. The molecule has 1 aliphatic carbocycles. The Kier molecular flexibility index (Phi) is 8.65. The molecule has 0 atom stereocenters. The van der Waals surface area contributed by atoms with Crippen molar-refractivity contribution in [3.05, 3.63) is 0 Å². The molecule has 1 rings (SSSR count). The van der Waals surface area contributed by atoms with Crippen molar-refractivity contribution in [2.24, 2.45) is 10.9 Å². The van der Waals surface area contributed by atoms with Gasteiger partial charge in [-0.3, -0.25) is 4.99 Å². The van der Waals surface area contributed by atoms with Gasteiger partial charge in [-0.15, -0.1) is 0 Å². The van der Waals surface area contributed by atoms with Gasteiger partial charge in [0.2, 0.25) is 0 Å². The Morgan fingerprint density at radius 3 is 2.50 bits per heavy atom. The molecule has 0 bridgehead atoms. The third kappa shape index (κ3) is 8.34. The summed E-state index contributed by atoms with van der Waals surface area (Å²) in [5, 5.41) is 6.63. The smallest absolute Gasteiger partial charge is 0.190 e. The van der Waals surface area contributed by atoms with Crippen LogP contribution >= 0.6 is 0 Å². The summed E-state index contributed by atoms with van der Waals surface area (Å²) in [5.41, 5.74) is 0. The van der Waals surface area contributed by atoms with Crippen molar-refractivity contribution in [3.8, 4) is 0 Å². The van der Waals surface area contributed by atoms with Gasteiger partial charge in [0.05, 0.1) is 0 Å². The summed E-state index contributed by atoms with van der Waals surface area (Å²) in [6, 6.07) is 0. The van der Waals surface area contributed by atoms with Crippen LogP contribution in [-0.2, 0) is 4.74 Å². The van der Waals surface area contributed by atoms with Gasteiger partial charge in [0.1, 0.15) is 0 Å². The van der Waals surface area contributed by atoms with Crippen molar-refractivity contribution in [1.29, 1.82) is 0 Å². The number of hydrogen-bond acceptors (Lipinski definition) is 2. The zero-order chi connectivity index (χ0) is 13.1. The molecule has 0 aromatic heterocycles. The summed E-state index contributed by atoms with van der Waals surface area (Å²) in [4.78, 5) is 4.20. The van der Waals surface area contributed by atoms with Gasteiger partial charge in [0, 0.05) is 33.4 Å². The first kappa shape index (κ1) is 15.3. The summed E-state index contributed by atoms with van der Waals surface area (Å²) >= 11 is 0. The predicted octanol–water partition coefficient (Wildman–Crippen LogP) is 2.16. The van der Waals surface area contributed by atoms with Gasteiger partial charge < -0.3 is 15.4 Å². The fourth-order valence-corrected chi connectivity index (χ4v) is 1.72. The molecule has 4 nitrogen and oxygen atoms in total. The molecular weight excluding hydrogens is 226 g/mol. The second-order valence-electron chi connectivity index (χ2n) is 5.00. The molecule has 0 unspecified atom stereocenters. The number of guanidine groups is 1. The van der Waals surface area contributed by atoms with Gasteiger partial charge in [-0.1, -0.05) is 19.8 Å². The number of nitrogens with one attached hydrogen (secondary N) is 2. The SMILES string of the molecule is CCCCCNC(=NC)NCCCOCC1CC1. The quantitative estimate of drug-likeness (QED) is 0.357. The lowest BCUT2D eigenvalue weighted by molar-refractivity contribution is 0.123. The number of unbranched alkanes of at least 4 members (excludes halogenated alkanes) is 2. The van der Waals surface area contributed by atoms with E-state index in [0.717, 1.165) is 44.6 Å². The highest BCUT2D eigenvalue weighted by Gasteiger charge is 2.20. The second-order valence-corrected chi connectivity index (χ2v) is 5.00. The van der Waals surface area contributed by atoms with Crippen LogP contribution in [0.3, 0.4) is 0 Å². The number of hydrogen-bond donors (Lipinski definition) is 2. The number of aliphatic imine (C=N–C) groups is 1. The van der Waals surface area contributed by atoms with Crippen molar-refractivity contribution in [1.82, 2.24) is 10.6 Å². The van der Waals surface area contributed by atoms with Crippen molar-refractivity contribution in [2.45, 2.75) is 45.4 Å². The van der Waals surface area contributed by atoms with Crippen LogP contribution in [0.4, 0.5) is 0 Å². The normalized spacial score (nSPS) is 15.8. The monoisotopic (exact) mass is 255 g/mol. The van der Waals surface area contributed by atoms with E-state index in [0.29, 0.717) is 0 Å². The van der Waals surface area contributed by atoms with Crippen LogP contribution in [0.2, 0.25) is 0 Å². The summed E-state index contributed by atoms with van der Waals surface area (Å²) in [6.45, 7) is 5.97. The molecule has 0 amide bonds. The van der Waals surface area contributed by atoms with Gasteiger partial charge in [0.25, 0.3) is 0 Å². The maximum Gasteiger partial charge on any atom is 0.190 e. The minimum absolute atomic E-state index is 0.857. The number of rotatable bonds is 10. The van der Waals surface area contributed by atoms with Crippen LogP contribution in [0.15, 0.2) is 4.99 Å². The van der Waals surface area contributed by atoms with E-state index in [9.17, 15) is 0 Å². The van der Waals surface area contributed by atoms with E-state index < -0.39 is 0 Å². The molecule has 0 spiro atoms. The minimum atomic E-state index is 0.857. The van der Waals surface area contributed by atoms with Crippen molar-refractivity contribution < 1.29 is 4.74 Å². The van der Waals surface area contributed by atoms with Crippen LogP contribution in [-0.4, -0.2) is 39.3 Å². The Labute approximate surface area is 112 Å². The molecule has 0 radical (unpaired) electrons. The number of ether oxygens (including phenoxy) is 1. The van der Waals surface area contributed by atoms with E-state index in [1.165, 1.54) is 32.1 Å². The maximum absolute atomic E-state index is 5.59. The van der Waals surface area contributed by atoms with Crippen molar-refractivity contribution >= 4 is 5.96 Å². The maximum atomic E-state index is 5.59. The molecule has 0 heterocycles. The fourth-order valence-electron chi connectivity index (χ4n) is 1.72. The van der Waals surface area contributed by atoms with E-state index in [-0.39, 0.29) is 0 Å². The van der Waals surface area contributed by atoms with Crippen LogP contribution in [0.25, 0.3) is 0 Å². The first-order valence-corrected chi connectivity index (χ1v) is 7.39. The van der Waals surface area contributed by atoms with Gasteiger partial charge in [0.15, 0.2) is 5.96 Å². The van der Waals surface area contributed by atoms with Gasteiger partial charge in [-0.25, -0.2) is 0 Å². The second kappa shape index (κ2) is 10.2. The molecular formula is C14H29N3O. The minimum Gasteiger partial charge on any atom is -0.381 e. The fraction of sp³-hybridized carbons (Fsp3) is 0.929. The topological polar surface area (TPSA) is 45.7 Å². The van der Waals surface area contributed by atoms with Crippen LogP contribution in [0.5, 0.6) is 0 Å². The third-order valence-electron chi connectivity index (χ3n) is 3.10. The summed E-state index contributed by atoms with van der Waals surface area (Å²) in [5.74, 6) is 1.78. The average Bonchev–Trinajstić information content (AvgIpc) is 3.20. The molecule has 0 aliphatic heterocycles. The molecule has 0 aromatic carbocycles. The summed E-state index contributed by atoms with van der Waals surface area (Å²) < 4.78 is 5.59. The third-order valence-corrected chi connectivity index (χ3v) is 3.10. The summed E-state index contributed by atoms with van der Waals surface area (Å²) in [7, 11) is 1.82. The van der Waals surface area contributed by atoms with E-state index in [2.05, 4.69) is 22.5 Å². The van der Waals surface area contributed by atoms with Crippen molar-refractivity contribution in [3.63, 3.8) is 0 Å². The zero-order valence-corrected chi connectivity index (χ0v) is 12.0. The van der Waals surface area contributed by atoms with E-state index in [1.807, 2.05) is 7.05 Å².